The highest BCUT2D eigenvalue weighted by molar-refractivity contribution is 7.16. The van der Waals surface area contributed by atoms with E-state index in [2.05, 4.69) is 15.3 Å². The maximum absolute atomic E-state index is 5.68. The Morgan fingerprint density at radius 1 is 1.32 bits per heavy atom. The molecule has 1 unspecified atom stereocenters. The minimum atomic E-state index is 0.271. The van der Waals surface area contributed by atoms with Crippen LogP contribution < -0.4 is 0 Å². The number of fused-ring (bicyclic) bond motifs is 1. The van der Waals surface area contributed by atoms with Crippen LogP contribution in [-0.2, 0) is 16.1 Å². The SMILES string of the molecule is C1COC(COCc2nn3c(C4CC4)nnc3s2)C1. The summed E-state index contributed by atoms with van der Waals surface area (Å²) < 4.78 is 13.1. The van der Waals surface area contributed by atoms with Crippen LogP contribution in [0.5, 0.6) is 0 Å². The van der Waals surface area contributed by atoms with Crippen molar-refractivity contribution in [1.82, 2.24) is 19.8 Å². The average Bonchev–Trinajstić information content (AvgIpc) is 2.85. The predicted octanol–water partition coefficient (Wildman–Crippen LogP) is 1.76. The molecule has 2 aromatic rings. The minimum Gasteiger partial charge on any atom is -0.376 e. The van der Waals surface area contributed by atoms with E-state index in [1.165, 1.54) is 12.8 Å². The number of hydrogen-bond acceptors (Lipinski definition) is 6. The third-order valence-corrected chi connectivity index (χ3v) is 4.42. The van der Waals surface area contributed by atoms with Gasteiger partial charge in [-0.15, -0.1) is 10.2 Å². The van der Waals surface area contributed by atoms with Crippen LogP contribution in [0.4, 0.5) is 0 Å². The fraction of sp³-hybridized carbons (Fsp3) is 0.750. The molecule has 102 valence electrons. The van der Waals surface area contributed by atoms with Crippen molar-refractivity contribution < 1.29 is 9.47 Å². The van der Waals surface area contributed by atoms with Gasteiger partial charge in [-0.25, -0.2) is 0 Å². The second kappa shape index (κ2) is 4.81. The second-order valence-corrected chi connectivity index (χ2v) is 6.21. The molecular formula is C12H16N4O2S. The topological polar surface area (TPSA) is 61.5 Å². The lowest BCUT2D eigenvalue weighted by Gasteiger charge is -2.08. The lowest BCUT2D eigenvalue weighted by molar-refractivity contribution is 0.0103. The van der Waals surface area contributed by atoms with Crippen molar-refractivity contribution in [3.63, 3.8) is 0 Å². The van der Waals surface area contributed by atoms with Crippen molar-refractivity contribution in [2.75, 3.05) is 13.2 Å². The molecule has 0 amide bonds. The monoisotopic (exact) mass is 280 g/mol. The molecule has 0 bridgehead atoms. The summed E-state index contributed by atoms with van der Waals surface area (Å²) in [5, 5.41) is 13.9. The van der Waals surface area contributed by atoms with Crippen molar-refractivity contribution in [2.45, 2.75) is 44.3 Å². The molecule has 2 aromatic heterocycles. The highest BCUT2D eigenvalue weighted by Crippen LogP contribution is 2.39. The first-order valence-electron chi connectivity index (χ1n) is 6.80. The minimum absolute atomic E-state index is 0.271. The highest BCUT2D eigenvalue weighted by Gasteiger charge is 2.30. The van der Waals surface area contributed by atoms with Crippen LogP contribution in [0, 0.1) is 0 Å². The molecule has 6 nitrogen and oxygen atoms in total. The molecule has 3 heterocycles. The van der Waals surface area contributed by atoms with Crippen molar-refractivity contribution in [3.8, 4) is 0 Å². The molecule has 19 heavy (non-hydrogen) atoms. The predicted molar refractivity (Wildman–Crippen MR) is 69.3 cm³/mol. The van der Waals surface area contributed by atoms with Crippen molar-refractivity contribution in [2.24, 2.45) is 0 Å². The van der Waals surface area contributed by atoms with E-state index in [9.17, 15) is 0 Å². The smallest absolute Gasteiger partial charge is 0.234 e. The van der Waals surface area contributed by atoms with Crippen LogP contribution in [0.2, 0.25) is 0 Å². The number of rotatable bonds is 5. The first-order chi connectivity index (χ1) is 9.40. The summed E-state index contributed by atoms with van der Waals surface area (Å²) in [5.74, 6) is 1.58. The Morgan fingerprint density at radius 2 is 2.26 bits per heavy atom. The molecule has 1 aliphatic heterocycles. The Hall–Kier alpha value is -1.05. The molecule has 1 saturated heterocycles. The molecule has 0 radical (unpaired) electrons. The molecule has 0 N–H and O–H groups in total. The molecule has 0 aromatic carbocycles. The van der Waals surface area contributed by atoms with Gasteiger partial charge in [-0.05, 0) is 25.7 Å². The zero-order valence-electron chi connectivity index (χ0n) is 10.6. The quantitative estimate of drug-likeness (QED) is 0.835. The summed E-state index contributed by atoms with van der Waals surface area (Å²) in [7, 11) is 0. The van der Waals surface area contributed by atoms with Crippen LogP contribution in [0.15, 0.2) is 0 Å². The van der Waals surface area contributed by atoms with E-state index in [1.807, 2.05) is 4.52 Å². The fourth-order valence-electron chi connectivity index (χ4n) is 2.38. The third-order valence-electron chi connectivity index (χ3n) is 3.55. The summed E-state index contributed by atoms with van der Waals surface area (Å²) in [5.41, 5.74) is 0. The molecule has 1 atom stereocenters. The fourth-order valence-corrected chi connectivity index (χ4v) is 3.16. The maximum atomic E-state index is 5.68. The Balaban J connectivity index is 1.40. The summed E-state index contributed by atoms with van der Waals surface area (Å²) >= 11 is 1.56. The zero-order valence-corrected chi connectivity index (χ0v) is 11.4. The van der Waals surface area contributed by atoms with Crippen LogP contribution in [0.3, 0.4) is 0 Å². The van der Waals surface area contributed by atoms with Gasteiger partial charge in [0, 0.05) is 12.5 Å². The van der Waals surface area contributed by atoms with Gasteiger partial charge in [0.25, 0.3) is 0 Å². The van der Waals surface area contributed by atoms with E-state index in [1.54, 1.807) is 11.3 Å². The molecule has 0 spiro atoms. The van der Waals surface area contributed by atoms with E-state index in [0.717, 1.165) is 35.2 Å². The Bertz CT molecular complexity index is 571. The van der Waals surface area contributed by atoms with E-state index in [0.29, 0.717) is 19.1 Å². The largest absolute Gasteiger partial charge is 0.376 e. The van der Waals surface area contributed by atoms with Gasteiger partial charge in [0.15, 0.2) is 5.82 Å². The number of ether oxygens (including phenoxy) is 2. The first-order valence-corrected chi connectivity index (χ1v) is 7.62. The zero-order chi connectivity index (χ0) is 12.7. The maximum Gasteiger partial charge on any atom is 0.234 e. The first kappa shape index (κ1) is 11.7. The van der Waals surface area contributed by atoms with Gasteiger partial charge < -0.3 is 9.47 Å². The van der Waals surface area contributed by atoms with Gasteiger partial charge >= 0.3 is 0 Å². The number of nitrogens with zero attached hydrogens (tertiary/aromatic N) is 4. The van der Waals surface area contributed by atoms with Gasteiger partial charge in [0.05, 0.1) is 12.7 Å². The van der Waals surface area contributed by atoms with Crippen molar-refractivity contribution >= 4 is 16.3 Å². The summed E-state index contributed by atoms with van der Waals surface area (Å²) in [6.45, 7) is 2.07. The molecule has 2 fully saturated rings. The van der Waals surface area contributed by atoms with Gasteiger partial charge in [-0.3, -0.25) is 0 Å². The highest BCUT2D eigenvalue weighted by atomic mass is 32.1. The van der Waals surface area contributed by atoms with Crippen LogP contribution in [-0.4, -0.2) is 39.1 Å². The molecule has 4 rings (SSSR count). The van der Waals surface area contributed by atoms with E-state index < -0.39 is 0 Å². The van der Waals surface area contributed by atoms with Gasteiger partial charge in [-0.1, -0.05) is 11.3 Å². The van der Waals surface area contributed by atoms with Gasteiger partial charge in [0.2, 0.25) is 4.96 Å². The third kappa shape index (κ3) is 2.37. The molecule has 7 heteroatoms. The van der Waals surface area contributed by atoms with Crippen molar-refractivity contribution in [1.29, 1.82) is 0 Å². The Labute approximate surface area is 114 Å². The number of hydrogen-bond donors (Lipinski definition) is 0. The molecular weight excluding hydrogens is 264 g/mol. The lowest BCUT2D eigenvalue weighted by atomic mass is 10.2. The second-order valence-electron chi connectivity index (χ2n) is 5.17. The van der Waals surface area contributed by atoms with Crippen LogP contribution in [0.1, 0.15) is 42.4 Å². The normalized spacial score (nSPS) is 23.5. The van der Waals surface area contributed by atoms with Gasteiger partial charge in [0.1, 0.15) is 11.6 Å². The standard InChI is InChI=1S/C12H16N4O2S/c1-2-9(18-5-1)6-17-7-10-15-16-11(8-3-4-8)13-14-12(16)19-10/h8-9H,1-7H2. The summed E-state index contributed by atoms with van der Waals surface area (Å²) in [6.07, 6.45) is 4.95. The van der Waals surface area contributed by atoms with Crippen molar-refractivity contribution in [3.05, 3.63) is 10.8 Å². The van der Waals surface area contributed by atoms with E-state index >= 15 is 0 Å². The van der Waals surface area contributed by atoms with E-state index in [-0.39, 0.29) is 6.10 Å². The lowest BCUT2D eigenvalue weighted by Crippen LogP contribution is -2.13. The Morgan fingerprint density at radius 3 is 3.05 bits per heavy atom. The molecule has 1 saturated carbocycles. The van der Waals surface area contributed by atoms with E-state index in [4.69, 9.17) is 9.47 Å². The molecule has 2 aliphatic rings. The molecule has 1 aliphatic carbocycles. The van der Waals surface area contributed by atoms with Gasteiger partial charge in [-0.2, -0.15) is 9.61 Å². The van der Waals surface area contributed by atoms with Crippen LogP contribution >= 0.6 is 11.3 Å². The summed E-state index contributed by atoms with van der Waals surface area (Å²) in [6, 6.07) is 0. The van der Waals surface area contributed by atoms with Crippen LogP contribution in [0.25, 0.3) is 4.96 Å². The number of aromatic nitrogens is 4. The summed E-state index contributed by atoms with van der Waals surface area (Å²) in [4.78, 5) is 0.873. The average molecular weight is 280 g/mol. The Kier molecular flexibility index (Phi) is 2.97.